The fraction of sp³-hybridized carbons (Fsp3) is 0.111. The number of nitrogens with zero attached hydrogens (tertiary/aromatic N) is 2. The minimum Gasteiger partial charge on any atom is -0.296 e. The number of non-ortho nitro benzene ring substituents is 1. The Labute approximate surface area is 84.1 Å². The summed E-state index contributed by atoms with van der Waals surface area (Å²) >= 11 is 0. The van der Waals surface area contributed by atoms with Gasteiger partial charge in [-0.15, -0.1) is 0 Å². The molecule has 0 radical (unpaired) electrons. The molecule has 1 heterocycles. The van der Waals surface area contributed by atoms with Crippen LogP contribution in [0.3, 0.4) is 0 Å². The van der Waals surface area contributed by atoms with E-state index >= 15 is 0 Å². The number of fused-ring (bicyclic) bond motifs is 1. The first-order chi connectivity index (χ1) is 7.15. The molecule has 1 N–H and O–H groups in total. The van der Waals surface area contributed by atoms with E-state index in [-0.39, 0.29) is 16.9 Å². The Hall–Kier alpha value is -2.24. The Morgan fingerprint density at radius 1 is 1.53 bits per heavy atom. The predicted molar refractivity (Wildman–Crippen MR) is 52.9 cm³/mol. The molecule has 15 heavy (non-hydrogen) atoms. The minimum absolute atomic E-state index is 0.0973. The van der Waals surface area contributed by atoms with E-state index < -0.39 is 4.92 Å². The second-order valence-corrected chi connectivity index (χ2v) is 3.14. The van der Waals surface area contributed by atoms with Crippen LogP contribution in [0.25, 0.3) is 10.9 Å². The predicted octanol–water partition coefficient (Wildman–Crippen LogP) is 1.59. The van der Waals surface area contributed by atoms with Gasteiger partial charge in [0.1, 0.15) is 5.69 Å². The summed E-state index contributed by atoms with van der Waals surface area (Å²) in [7, 11) is 0. The Balaban J connectivity index is 2.90. The third-order valence-corrected chi connectivity index (χ3v) is 2.24. The van der Waals surface area contributed by atoms with Crippen LogP contribution in [0.4, 0.5) is 5.69 Å². The number of nitrogens with one attached hydrogen (secondary N) is 1. The summed E-state index contributed by atoms with van der Waals surface area (Å²) in [5, 5.41) is 17.5. The van der Waals surface area contributed by atoms with E-state index in [1.54, 1.807) is 13.0 Å². The van der Waals surface area contributed by atoms with Crippen molar-refractivity contribution in [2.75, 3.05) is 0 Å². The van der Waals surface area contributed by atoms with Crippen molar-refractivity contribution in [3.05, 3.63) is 33.5 Å². The van der Waals surface area contributed by atoms with Crippen LogP contribution in [-0.4, -0.2) is 21.4 Å². The highest BCUT2D eigenvalue weighted by Gasteiger charge is 2.18. The fourth-order valence-corrected chi connectivity index (χ4v) is 1.54. The molecule has 0 aliphatic carbocycles. The molecule has 1 aromatic heterocycles. The second kappa shape index (κ2) is 3.16. The van der Waals surface area contributed by atoms with Gasteiger partial charge in [-0.25, -0.2) is 0 Å². The van der Waals surface area contributed by atoms with Gasteiger partial charge in [0.15, 0.2) is 11.8 Å². The molecule has 76 valence electrons. The number of aryl methyl sites for hydroxylation is 1. The van der Waals surface area contributed by atoms with Crippen LogP contribution in [0.2, 0.25) is 0 Å². The highest BCUT2D eigenvalue weighted by Crippen LogP contribution is 2.27. The smallest absolute Gasteiger partial charge is 0.296 e. The zero-order chi connectivity index (χ0) is 11.0. The van der Waals surface area contributed by atoms with Crippen molar-refractivity contribution in [2.24, 2.45) is 0 Å². The van der Waals surface area contributed by atoms with Gasteiger partial charge < -0.3 is 0 Å². The first-order valence-electron chi connectivity index (χ1n) is 4.22. The lowest BCUT2D eigenvalue weighted by Gasteiger charge is -1.96. The number of nitro groups is 1. The third kappa shape index (κ3) is 1.26. The van der Waals surface area contributed by atoms with E-state index in [0.29, 0.717) is 11.7 Å². The van der Waals surface area contributed by atoms with E-state index in [4.69, 9.17) is 0 Å². The van der Waals surface area contributed by atoms with Gasteiger partial charge in [-0.1, -0.05) is 6.07 Å². The third-order valence-electron chi connectivity index (χ3n) is 2.24. The number of carbonyl (C=O) groups is 1. The summed E-state index contributed by atoms with van der Waals surface area (Å²) < 4.78 is 0. The molecule has 0 aliphatic heterocycles. The van der Waals surface area contributed by atoms with Gasteiger partial charge in [0, 0.05) is 11.5 Å². The van der Waals surface area contributed by atoms with E-state index in [1.807, 2.05) is 0 Å². The summed E-state index contributed by atoms with van der Waals surface area (Å²) in [6.07, 6.45) is 0.603. The van der Waals surface area contributed by atoms with Crippen LogP contribution in [-0.2, 0) is 0 Å². The second-order valence-electron chi connectivity index (χ2n) is 3.14. The molecule has 0 atom stereocenters. The normalized spacial score (nSPS) is 10.5. The van der Waals surface area contributed by atoms with Crippen molar-refractivity contribution in [3.63, 3.8) is 0 Å². The van der Waals surface area contributed by atoms with Crippen molar-refractivity contribution < 1.29 is 9.72 Å². The molecular weight excluding hydrogens is 198 g/mol. The van der Waals surface area contributed by atoms with Gasteiger partial charge >= 0.3 is 0 Å². The Kier molecular flexibility index (Phi) is 1.96. The van der Waals surface area contributed by atoms with Crippen LogP contribution in [0, 0.1) is 17.0 Å². The molecule has 0 unspecified atom stereocenters. The molecule has 0 spiro atoms. The number of aromatic amines is 1. The first-order valence-corrected chi connectivity index (χ1v) is 4.22. The van der Waals surface area contributed by atoms with E-state index in [1.165, 1.54) is 6.07 Å². The summed E-state index contributed by atoms with van der Waals surface area (Å²) in [5.41, 5.74) is 1.18. The SMILES string of the molecule is Cc1ccc([N+](=O)[O-])c2n[nH]c(C=O)c12. The molecule has 1 aromatic carbocycles. The molecule has 0 amide bonds. The van der Waals surface area contributed by atoms with Gasteiger partial charge in [0.05, 0.1) is 4.92 Å². The minimum atomic E-state index is -0.517. The maximum atomic E-state index is 10.7. The molecule has 2 aromatic rings. The summed E-state index contributed by atoms with van der Waals surface area (Å²) in [4.78, 5) is 20.8. The summed E-state index contributed by atoms with van der Waals surface area (Å²) in [6, 6.07) is 2.98. The number of H-pyrrole nitrogens is 1. The highest BCUT2D eigenvalue weighted by molar-refractivity contribution is 6.00. The maximum Gasteiger partial charge on any atom is 0.297 e. The van der Waals surface area contributed by atoms with Gasteiger partial charge in [-0.2, -0.15) is 5.10 Å². The van der Waals surface area contributed by atoms with E-state index in [0.717, 1.165) is 5.56 Å². The zero-order valence-electron chi connectivity index (χ0n) is 7.85. The topological polar surface area (TPSA) is 88.9 Å². The Bertz CT molecular complexity index is 559. The highest BCUT2D eigenvalue weighted by atomic mass is 16.6. The van der Waals surface area contributed by atoms with E-state index in [9.17, 15) is 14.9 Å². The van der Waals surface area contributed by atoms with Crippen LogP contribution < -0.4 is 0 Å². The van der Waals surface area contributed by atoms with Gasteiger partial charge in [0.25, 0.3) is 5.69 Å². The van der Waals surface area contributed by atoms with Crippen molar-refractivity contribution >= 4 is 22.9 Å². The van der Waals surface area contributed by atoms with Crippen LogP contribution in [0.1, 0.15) is 16.1 Å². The van der Waals surface area contributed by atoms with E-state index in [2.05, 4.69) is 10.2 Å². The zero-order valence-corrected chi connectivity index (χ0v) is 7.85. The molecule has 0 bridgehead atoms. The number of hydrogen-bond donors (Lipinski definition) is 1. The van der Waals surface area contributed by atoms with Crippen molar-refractivity contribution in [2.45, 2.75) is 6.92 Å². The quantitative estimate of drug-likeness (QED) is 0.458. The van der Waals surface area contributed by atoms with Gasteiger partial charge in [-0.3, -0.25) is 20.0 Å². The Morgan fingerprint density at radius 3 is 2.87 bits per heavy atom. The number of hydrogen-bond acceptors (Lipinski definition) is 4. The molecule has 0 fully saturated rings. The number of carbonyl (C=O) groups excluding carboxylic acids is 1. The van der Waals surface area contributed by atoms with Crippen molar-refractivity contribution in [1.82, 2.24) is 10.2 Å². The number of nitro benzene ring substituents is 1. The molecule has 0 aliphatic rings. The lowest BCUT2D eigenvalue weighted by molar-refractivity contribution is -0.383. The Morgan fingerprint density at radius 2 is 2.27 bits per heavy atom. The fourth-order valence-electron chi connectivity index (χ4n) is 1.54. The van der Waals surface area contributed by atoms with Crippen molar-refractivity contribution in [1.29, 1.82) is 0 Å². The van der Waals surface area contributed by atoms with Crippen molar-refractivity contribution in [3.8, 4) is 0 Å². The van der Waals surface area contributed by atoms with Gasteiger partial charge in [0.2, 0.25) is 0 Å². The molecule has 6 nitrogen and oxygen atoms in total. The average Bonchev–Trinajstić information content (AvgIpc) is 2.62. The summed E-state index contributed by atoms with van der Waals surface area (Å²) in [6.45, 7) is 1.77. The standard InChI is InChI=1S/C9H7N3O3/c1-5-2-3-7(12(14)15)9-8(5)6(4-13)10-11-9/h2-4H,1H3,(H,10,11). The largest absolute Gasteiger partial charge is 0.297 e. The number of benzene rings is 1. The molecule has 0 saturated carbocycles. The van der Waals surface area contributed by atoms with Crippen LogP contribution >= 0.6 is 0 Å². The maximum absolute atomic E-state index is 10.7. The molecular formula is C9H7N3O3. The molecule has 6 heteroatoms. The first kappa shape index (κ1) is 9.32. The number of aromatic nitrogens is 2. The van der Waals surface area contributed by atoms with Crippen LogP contribution in [0.5, 0.6) is 0 Å². The summed E-state index contributed by atoms with van der Waals surface area (Å²) in [5.74, 6) is 0. The molecule has 0 saturated heterocycles. The molecule has 2 rings (SSSR count). The van der Waals surface area contributed by atoms with Crippen LogP contribution in [0.15, 0.2) is 12.1 Å². The monoisotopic (exact) mass is 205 g/mol. The van der Waals surface area contributed by atoms with Gasteiger partial charge in [-0.05, 0) is 12.5 Å². The number of rotatable bonds is 2. The average molecular weight is 205 g/mol. The number of aldehydes is 1. The lowest BCUT2D eigenvalue weighted by Crippen LogP contribution is -1.90. The lowest BCUT2D eigenvalue weighted by atomic mass is 10.1.